The molecule has 0 saturated carbocycles. The van der Waals surface area contributed by atoms with Crippen LogP contribution in [0.15, 0.2) is 12.1 Å². The number of carbonyl (C=O) groups is 1. The first-order chi connectivity index (χ1) is 6.57. The summed E-state index contributed by atoms with van der Waals surface area (Å²) >= 11 is 17.1. The van der Waals surface area contributed by atoms with Gasteiger partial charge in [0, 0.05) is 5.56 Å². The quantitative estimate of drug-likeness (QED) is 0.261. The van der Waals surface area contributed by atoms with Gasteiger partial charge < -0.3 is 5.53 Å². The van der Waals surface area contributed by atoms with Crippen LogP contribution in [0.25, 0.3) is 5.53 Å². The highest BCUT2D eigenvalue weighted by molar-refractivity contribution is 6.50. The van der Waals surface area contributed by atoms with Crippen LogP contribution in [0.3, 0.4) is 0 Å². The molecule has 0 bridgehead atoms. The van der Waals surface area contributed by atoms with Crippen molar-refractivity contribution in [3.8, 4) is 0 Å². The molecule has 0 heterocycles. The van der Waals surface area contributed by atoms with Crippen LogP contribution in [0.5, 0.6) is 0 Å². The van der Waals surface area contributed by atoms with Crippen molar-refractivity contribution in [2.75, 3.05) is 0 Å². The van der Waals surface area contributed by atoms with Gasteiger partial charge in [-0.2, -0.15) is 4.79 Å². The lowest BCUT2D eigenvalue weighted by Crippen LogP contribution is -2.02. The molecule has 1 rings (SSSR count). The molecule has 0 N–H and O–H groups in total. The molecule has 0 atom stereocenters. The summed E-state index contributed by atoms with van der Waals surface area (Å²) in [4.78, 5) is 13.8. The average Bonchev–Trinajstić information content (AvgIpc) is 2.15. The predicted molar refractivity (Wildman–Crippen MR) is 55.5 cm³/mol. The zero-order chi connectivity index (χ0) is 10.7. The Kier molecular flexibility index (Phi) is 3.67. The number of ketones is 1. The highest BCUT2D eigenvalue weighted by atomic mass is 35.5. The molecule has 0 aromatic heterocycles. The van der Waals surface area contributed by atoms with Crippen LogP contribution in [-0.4, -0.2) is 16.8 Å². The Hall–Kier alpha value is -0.860. The van der Waals surface area contributed by atoms with Gasteiger partial charge in [-0.25, -0.2) is 0 Å². The lowest BCUT2D eigenvalue weighted by atomic mass is 10.1. The highest BCUT2D eigenvalue weighted by Crippen LogP contribution is 2.32. The van der Waals surface area contributed by atoms with Crippen LogP contribution in [0.2, 0.25) is 15.1 Å². The number of Topliss-reactive ketones (excluding diaryl/α,β-unsaturated/α-hetero) is 1. The van der Waals surface area contributed by atoms with Crippen LogP contribution in [-0.2, 0) is 0 Å². The summed E-state index contributed by atoms with van der Waals surface area (Å²) in [5.41, 5.74) is 8.30. The molecule has 3 nitrogen and oxygen atoms in total. The van der Waals surface area contributed by atoms with Gasteiger partial charge in [0.1, 0.15) is 0 Å². The minimum atomic E-state index is -0.545. The van der Waals surface area contributed by atoms with Gasteiger partial charge in [0.15, 0.2) is 0 Å². The van der Waals surface area contributed by atoms with Crippen LogP contribution in [0, 0.1) is 0 Å². The molecule has 0 radical (unpaired) electrons. The Labute approximate surface area is 94.8 Å². The third-order valence-electron chi connectivity index (χ3n) is 1.48. The topological polar surface area (TPSA) is 53.5 Å². The summed E-state index contributed by atoms with van der Waals surface area (Å²) in [6.45, 7) is 0. The van der Waals surface area contributed by atoms with Crippen molar-refractivity contribution in [2.45, 2.75) is 0 Å². The van der Waals surface area contributed by atoms with Crippen molar-refractivity contribution >= 4 is 46.8 Å². The maximum absolute atomic E-state index is 11.2. The van der Waals surface area contributed by atoms with E-state index in [1.54, 1.807) is 0 Å². The third-order valence-corrected chi connectivity index (χ3v) is 2.77. The molecule has 0 unspecified atom stereocenters. The van der Waals surface area contributed by atoms with Crippen molar-refractivity contribution in [2.24, 2.45) is 0 Å². The van der Waals surface area contributed by atoms with E-state index in [0.717, 1.165) is 6.21 Å². The van der Waals surface area contributed by atoms with Crippen molar-refractivity contribution in [3.63, 3.8) is 0 Å². The number of benzene rings is 1. The minimum absolute atomic E-state index is 0.0454. The Balaban J connectivity index is 3.31. The molecule has 1 aromatic rings. The van der Waals surface area contributed by atoms with E-state index in [1.807, 2.05) is 0 Å². The Morgan fingerprint density at radius 2 is 1.93 bits per heavy atom. The summed E-state index contributed by atoms with van der Waals surface area (Å²) in [7, 11) is 0. The van der Waals surface area contributed by atoms with E-state index in [9.17, 15) is 4.79 Å². The number of halogens is 3. The van der Waals surface area contributed by atoms with Gasteiger partial charge in [-0.15, -0.1) is 0 Å². The maximum atomic E-state index is 11.2. The molecular formula is C8H3Cl3N2O. The van der Waals surface area contributed by atoms with E-state index in [0.29, 0.717) is 0 Å². The number of nitrogens with zero attached hydrogens (tertiary/aromatic N) is 2. The van der Waals surface area contributed by atoms with Gasteiger partial charge in [0.05, 0.1) is 15.1 Å². The van der Waals surface area contributed by atoms with E-state index < -0.39 is 5.78 Å². The van der Waals surface area contributed by atoms with E-state index in [-0.39, 0.29) is 20.6 Å². The average molecular weight is 249 g/mol. The molecule has 0 aliphatic rings. The van der Waals surface area contributed by atoms with Crippen LogP contribution in [0.4, 0.5) is 0 Å². The molecule has 0 aliphatic carbocycles. The van der Waals surface area contributed by atoms with Crippen LogP contribution < -0.4 is 0 Å². The zero-order valence-corrected chi connectivity index (χ0v) is 8.94. The van der Waals surface area contributed by atoms with E-state index in [4.69, 9.17) is 40.3 Å². The maximum Gasteiger partial charge on any atom is 0.328 e. The summed E-state index contributed by atoms with van der Waals surface area (Å²) in [6.07, 6.45) is 0.728. The normalized spacial score (nSPS) is 9.36. The van der Waals surface area contributed by atoms with Gasteiger partial charge in [-0.1, -0.05) is 34.8 Å². The molecule has 0 spiro atoms. The molecular weight excluding hydrogens is 246 g/mol. The first kappa shape index (κ1) is 11.2. The fourth-order valence-electron chi connectivity index (χ4n) is 0.838. The van der Waals surface area contributed by atoms with Gasteiger partial charge in [-0.05, 0) is 12.1 Å². The van der Waals surface area contributed by atoms with Crippen molar-refractivity contribution in [1.29, 1.82) is 0 Å². The minimum Gasteiger partial charge on any atom is -0.361 e. The molecule has 0 saturated heterocycles. The zero-order valence-electron chi connectivity index (χ0n) is 6.67. The monoisotopic (exact) mass is 248 g/mol. The van der Waals surface area contributed by atoms with Gasteiger partial charge in [-0.3, -0.25) is 4.79 Å². The van der Waals surface area contributed by atoms with Crippen molar-refractivity contribution < 1.29 is 9.58 Å². The second-order valence-electron chi connectivity index (χ2n) is 2.33. The first-order valence-electron chi connectivity index (χ1n) is 3.43. The molecule has 0 fully saturated rings. The fraction of sp³-hybridized carbons (Fsp3) is 0. The largest absolute Gasteiger partial charge is 0.361 e. The van der Waals surface area contributed by atoms with E-state index in [2.05, 4.69) is 4.79 Å². The molecule has 72 valence electrons. The Morgan fingerprint density at radius 3 is 2.50 bits per heavy atom. The predicted octanol–water partition coefficient (Wildman–Crippen LogP) is 3.13. The first-order valence-corrected chi connectivity index (χ1v) is 4.56. The summed E-state index contributed by atoms with van der Waals surface area (Å²) in [6, 6.07) is 2.84. The van der Waals surface area contributed by atoms with Gasteiger partial charge in [0.25, 0.3) is 5.78 Å². The summed E-state index contributed by atoms with van der Waals surface area (Å²) in [5.74, 6) is -0.545. The second kappa shape index (κ2) is 4.58. The second-order valence-corrected chi connectivity index (χ2v) is 3.49. The van der Waals surface area contributed by atoms with Crippen LogP contribution >= 0.6 is 34.8 Å². The van der Waals surface area contributed by atoms with Crippen LogP contribution in [0.1, 0.15) is 10.4 Å². The molecule has 6 heteroatoms. The lowest BCUT2D eigenvalue weighted by molar-refractivity contribution is 0.00235. The Morgan fingerprint density at radius 1 is 1.29 bits per heavy atom. The van der Waals surface area contributed by atoms with E-state index >= 15 is 0 Å². The smallest absolute Gasteiger partial charge is 0.328 e. The fourth-order valence-corrected chi connectivity index (χ4v) is 1.47. The standard InChI is InChI=1S/C8H3Cl3N2O/c9-5-2-1-4(6(14)3-13-12)7(10)8(5)11/h1-3H. The van der Waals surface area contributed by atoms with Crippen molar-refractivity contribution in [3.05, 3.63) is 38.3 Å². The molecule has 0 aliphatic heterocycles. The lowest BCUT2D eigenvalue weighted by Gasteiger charge is -2.01. The number of rotatable bonds is 2. The number of hydrogen-bond acceptors (Lipinski definition) is 1. The Bertz CT molecular complexity index is 438. The SMILES string of the molecule is [N-]=[N+]=CC(=O)c1ccc(Cl)c(Cl)c1Cl. The third kappa shape index (κ3) is 2.14. The van der Waals surface area contributed by atoms with E-state index in [1.165, 1.54) is 12.1 Å². The number of carbonyl (C=O) groups excluding carboxylic acids is 1. The highest BCUT2D eigenvalue weighted by Gasteiger charge is 2.15. The number of hydrogen-bond donors (Lipinski definition) is 0. The van der Waals surface area contributed by atoms with Gasteiger partial charge in [0.2, 0.25) is 0 Å². The van der Waals surface area contributed by atoms with Gasteiger partial charge >= 0.3 is 6.21 Å². The molecule has 1 aromatic carbocycles. The summed E-state index contributed by atoms with van der Waals surface area (Å²) in [5, 5.41) is 0.406. The summed E-state index contributed by atoms with van der Waals surface area (Å²) < 4.78 is 0. The van der Waals surface area contributed by atoms with Crippen molar-refractivity contribution in [1.82, 2.24) is 0 Å². The molecule has 0 amide bonds. The molecule has 14 heavy (non-hydrogen) atoms.